The van der Waals surface area contributed by atoms with E-state index in [4.69, 9.17) is 16.0 Å². The molecule has 1 atom stereocenters. The summed E-state index contributed by atoms with van der Waals surface area (Å²) in [7, 11) is 0.971. The maximum Gasteiger partial charge on any atom is 0.314 e. The van der Waals surface area contributed by atoms with Crippen molar-refractivity contribution in [3.63, 3.8) is 0 Å². The Labute approximate surface area is 214 Å². The molecule has 1 aliphatic rings. The molecule has 0 saturated carbocycles. The lowest BCUT2D eigenvalue weighted by Crippen LogP contribution is -2.44. The lowest BCUT2D eigenvalue weighted by molar-refractivity contribution is -0.107. The van der Waals surface area contributed by atoms with Gasteiger partial charge in [-0.2, -0.15) is 8.78 Å². The second-order valence-corrected chi connectivity index (χ2v) is 10.1. The molecular formula is C23H25ClF2N6O3S. The highest BCUT2D eigenvalue weighted by atomic mass is 35.5. The van der Waals surface area contributed by atoms with Gasteiger partial charge >= 0.3 is 6.43 Å². The monoisotopic (exact) mass is 538 g/mol. The Morgan fingerprint density at radius 1 is 1.22 bits per heavy atom. The number of hydrogen-bond donors (Lipinski definition) is 0. The summed E-state index contributed by atoms with van der Waals surface area (Å²) in [6.45, 7) is 1.62. The molecule has 3 aromatic rings. The molecule has 1 aliphatic heterocycles. The third-order valence-electron chi connectivity index (χ3n) is 6.12. The number of alkyl halides is 2. The van der Waals surface area contributed by atoms with Gasteiger partial charge in [0, 0.05) is 43.7 Å². The first kappa shape index (κ1) is 26.1. The largest absolute Gasteiger partial charge is 0.415 e. The van der Waals surface area contributed by atoms with Crippen LogP contribution in [0, 0.1) is 0 Å². The van der Waals surface area contributed by atoms with Crippen LogP contribution in [-0.2, 0) is 22.3 Å². The van der Waals surface area contributed by atoms with Crippen LogP contribution >= 0.6 is 11.6 Å². The predicted molar refractivity (Wildman–Crippen MR) is 133 cm³/mol. The van der Waals surface area contributed by atoms with Crippen molar-refractivity contribution in [3.8, 4) is 11.5 Å². The molecule has 0 radical (unpaired) electrons. The number of nitrogens with zero attached hydrogens (tertiary/aromatic N) is 6. The number of piperidine rings is 1. The van der Waals surface area contributed by atoms with Gasteiger partial charge in [-0.1, -0.05) is 11.6 Å². The van der Waals surface area contributed by atoms with Gasteiger partial charge in [-0.15, -0.1) is 10.2 Å². The second-order valence-electron chi connectivity index (χ2n) is 8.35. The fraction of sp³-hybridized carbons (Fsp3) is 0.391. The molecule has 1 aromatic carbocycles. The smallest absolute Gasteiger partial charge is 0.314 e. The van der Waals surface area contributed by atoms with Crippen LogP contribution in [0.3, 0.4) is 0 Å². The number of pyridine rings is 1. The number of carbonyl (C=O) groups is 1. The molecule has 13 heteroatoms. The van der Waals surface area contributed by atoms with Gasteiger partial charge in [-0.25, -0.2) is 8.51 Å². The van der Waals surface area contributed by atoms with Crippen LogP contribution in [-0.4, -0.2) is 62.5 Å². The zero-order chi connectivity index (χ0) is 25.8. The molecular weight excluding hydrogens is 514 g/mol. The van der Waals surface area contributed by atoms with Crippen molar-refractivity contribution in [1.82, 2.24) is 19.5 Å². The van der Waals surface area contributed by atoms with Gasteiger partial charge in [-0.05, 0) is 43.2 Å². The number of hydrogen-bond acceptors (Lipinski definition) is 7. The molecule has 1 saturated heterocycles. The molecule has 1 fully saturated rings. The SMILES string of the molecule is CN(c1cc(Cl)ccc1N(C=O)Cc1ccc(-c2nnc(C(F)F)o2)cn1)C1CCN(S(C)=O)CC1. The zero-order valence-electron chi connectivity index (χ0n) is 19.7. The highest BCUT2D eigenvalue weighted by Crippen LogP contribution is 2.35. The Morgan fingerprint density at radius 2 is 1.97 bits per heavy atom. The molecule has 1 unspecified atom stereocenters. The summed E-state index contributed by atoms with van der Waals surface area (Å²) in [5.74, 6) is -0.814. The third kappa shape index (κ3) is 5.88. The number of benzene rings is 1. The highest BCUT2D eigenvalue weighted by Gasteiger charge is 2.26. The minimum Gasteiger partial charge on any atom is -0.415 e. The van der Waals surface area contributed by atoms with Crippen molar-refractivity contribution in [2.24, 2.45) is 0 Å². The van der Waals surface area contributed by atoms with Crippen molar-refractivity contribution in [2.45, 2.75) is 31.9 Å². The van der Waals surface area contributed by atoms with Crippen molar-refractivity contribution < 1.29 is 22.2 Å². The Morgan fingerprint density at radius 3 is 2.56 bits per heavy atom. The third-order valence-corrected chi connectivity index (χ3v) is 7.45. The summed E-state index contributed by atoms with van der Waals surface area (Å²) in [6.07, 6.45) is 2.65. The van der Waals surface area contributed by atoms with E-state index in [-0.39, 0.29) is 18.5 Å². The van der Waals surface area contributed by atoms with E-state index in [1.807, 2.05) is 17.4 Å². The van der Waals surface area contributed by atoms with Crippen molar-refractivity contribution in [3.05, 3.63) is 53.1 Å². The Hall–Kier alpha value is -2.96. The first-order chi connectivity index (χ1) is 17.3. The fourth-order valence-electron chi connectivity index (χ4n) is 4.14. The van der Waals surface area contributed by atoms with Gasteiger partial charge in [0.05, 0.1) is 40.2 Å². The summed E-state index contributed by atoms with van der Waals surface area (Å²) in [5.41, 5.74) is 2.43. The number of anilines is 2. The van der Waals surface area contributed by atoms with E-state index in [1.54, 1.807) is 30.5 Å². The molecule has 3 heterocycles. The molecule has 36 heavy (non-hydrogen) atoms. The summed E-state index contributed by atoms with van der Waals surface area (Å²) < 4.78 is 44.1. The predicted octanol–water partition coefficient (Wildman–Crippen LogP) is 4.08. The maximum atomic E-state index is 12.7. The van der Waals surface area contributed by atoms with Gasteiger partial charge in [0.15, 0.2) is 0 Å². The topological polar surface area (TPSA) is 95.7 Å². The number of halogens is 3. The maximum absolute atomic E-state index is 12.7. The summed E-state index contributed by atoms with van der Waals surface area (Å²) >= 11 is 6.31. The lowest BCUT2D eigenvalue weighted by Gasteiger charge is -2.38. The molecule has 0 bridgehead atoms. The number of carbonyl (C=O) groups excluding carboxylic acids is 1. The van der Waals surface area contributed by atoms with Crippen LogP contribution in [0.25, 0.3) is 11.5 Å². The van der Waals surface area contributed by atoms with Crippen molar-refractivity contribution in [2.75, 3.05) is 36.2 Å². The average Bonchev–Trinajstić information content (AvgIpc) is 3.38. The van der Waals surface area contributed by atoms with E-state index in [1.165, 1.54) is 11.1 Å². The van der Waals surface area contributed by atoms with Gasteiger partial charge < -0.3 is 14.2 Å². The Bertz CT molecular complexity index is 1220. The minimum atomic E-state index is -2.85. The molecule has 0 N–H and O–H groups in total. The fourth-order valence-corrected chi connectivity index (χ4v) is 5.03. The molecule has 9 nitrogen and oxygen atoms in total. The van der Waals surface area contributed by atoms with Crippen LogP contribution < -0.4 is 9.80 Å². The van der Waals surface area contributed by atoms with Crippen LogP contribution in [0.4, 0.5) is 20.2 Å². The highest BCUT2D eigenvalue weighted by molar-refractivity contribution is 7.81. The van der Waals surface area contributed by atoms with Gasteiger partial charge in [0.2, 0.25) is 12.3 Å². The summed E-state index contributed by atoms with van der Waals surface area (Å²) in [4.78, 5) is 20.1. The van der Waals surface area contributed by atoms with E-state index >= 15 is 0 Å². The summed E-state index contributed by atoms with van der Waals surface area (Å²) in [6, 6.07) is 8.81. The molecule has 0 spiro atoms. The van der Waals surface area contributed by atoms with Crippen molar-refractivity contribution >= 4 is 40.4 Å². The first-order valence-electron chi connectivity index (χ1n) is 11.2. The van der Waals surface area contributed by atoms with Crippen LogP contribution in [0.1, 0.15) is 30.9 Å². The first-order valence-corrected chi connectivity index (χ1v) is 13.1. The zero-order valence-corrected chi connectivity index (χ0v) is 21.3. The Kier molecular flexibility index (Phi) is 8.27. The summed E-state index contributed by atoms with van der Waals surface area (Å²) in [5, 5.41) is 7.48. The standard InChI is InChI=1S/C23H25ClF2N6O3S/c1-30(18-7-9-32(10-8-18)36(2)34)20-11-16(24)4-6-19(20)31(14-33)13-17-5-3-15(12-27-17)22-28-29-23(35-22)21(25)26/h3-6,11-12,14,18,21H,7-10,13H2,1-2H3. The van der Waals surface area contributed by atoms with E-state index in [2.05, 4.69) is 20.1 Å². The normalized spacial score (nSPS) is 15.7. The quantitative estimate of drug-likeness (QED) is 0.379. The van der Waals surface area contributed by atoms with E-state index < -0.39 is 23.3 Å². The van der Waals surface area contributed by atoms with Gasteiger partial charge in [-0.3, -0.25) is 9.78 Å². The van der Waals surface area contributed by atoms with E-state index in [9.17, 15) is 17.8 Å². The van der Waals surface area contributed by atoms with Crippen LogP contribution in [0.15, 0.2) is 40.9 Å². The number of amides is 1. The lowest BCUT2D eigenvalue weighted by atomic mass is 10.0. The van der Waals surface area contributed by atoms with E-state index in [0.29, 0.717) is 22.0 Å². The van der Waals surface area contributed by atoms with Crippen LogP contribution in [0.5, 0.6) is 0 Å². The number of rotatable bonds is 9. The molecule has 2 aromatic heterocycles. The van der Waals surface area contributed by atoms with Gasteiger partial charge in [0.25, 0.3) is 5.89 Å². The second kappa shape index (κ2) is 11.4. The molecule has 0 aliphatic carbocycles. The molecule has 192 valence electrons. The van der Waals surface area contributed by atoms with Crippen molar-refractivity contribution in [1.29, 1.82) is 0 Å². The van der Waals surface area contributed by atoms with Gasteiger partial charge in [0.1, 0.15) is 0 Å². The number of aromatic nitrogens is 3. The minimum absolute atomic E-state index is 0.0591. The average molecular weight is 539 g/mol. The molecule has 1 amide bonds. The Balaban J connectivity index is 1.52. The van der Waals surface area contributed by atoms with E-state index in [0.717, 1.165) is 38.0 Å². The van der Waals surface area contributed by atoms with Crippen LogP contribution in [0.2, 0.25) is 5.02 Å². The molecule has 4 rings (SSSR count).